The highest BCUT2D eigenvalue weighted by Crippen LogP contribution is 2.21. The van der Waals surface area contributed by atoms with Crippen LogP contribution in [-0.4, -0.2) is 40.3 Å². The Hall–Kier alpha value is -3.09. The summed E-state index contributed by atoms with van der Waals surface area (Å²) in [4.78, 5) is 18.3. The molecule has 0 unspecified atom stereocenters. The highest BCUT2D eigenvalue weighted by Gasteiger charge is 2.32. The van der Waals surface area contributed by atoms with Crippen LogP contribution in [0.4, 0.5) is 0 Å². The number of amides is 1. The van der Waals surface area contributed by atoms with Crippen molar-refractivity contribution in [1.29, 1.82) is 10.5 Å². The van der Waals surface area contributed by atoms with Gasteiger partial charge in [0.2, 0.25) is 0 Å². The normalized spacial score (nSPS) is 18.8. The molecule has 1 aromatic carbocycles. The van der Waals surface area contributed by atoms with Gasteiger partial charge in [0, 0.05) is 24.7 Å². The maximum Gasteiger partial charge on any atom is 0.270 e. The Balaban J connectivity index is 1.75. The summed E-state index contributed by atoms with van der Waals surface area (Å²) < 4.78 is 0. The minimum Gasteiger partial charge on any atom is -0.346 e. The number of aromatic nitrogens is 1. The van der Waals surface area contributed by atoms with Crippen LogP contribution in [0.25, 0.3) is 11.1 Å². The van der Waals surface area contributed by atoms with Crippen LogP contribution in [-0.2, 0) is 0 Å². The van der Waals surface area contributed by atoms with Gasteiger partial charge in [0.05, 0.1) is 17.7 Å². The van der Waals surface area contributed by atoms with Crippen LogP contribution < -0.4 is 5.32 Å². The lowest BCUT2D eigenvalue weighted by Gasteiger charge is -2.13. The number of hydrogen-bond donors (Lipinski definition) is 1. The predicted octanol–water partition coefficient (Wildman–Crippen LogP) is 2.51. The molecule has 130 valence electrons. The zero-order valence-electron chi connectivity index (χ0n) is 13.9. The van der Waals surface area contributed by atoms with Crippen LogP contribution >= 0.6 is 11.6 Å². The predicted molar refractivity (Wildman–Crippen MR) is 97.1 cm³/mol. The van der Waals surface area contributed by atoms with Crippen molar-refractivity contribution in [2.75, 3.05) is 12.4 Å². The fourth-order valence-corrected chi connectivity index (χ4v) is 3.34. The fraction of sp³-hybridized carbons (Fsp3) is 0.263. The second kappa shape index (κ2) is 7.86. The maximum absolute atomic E-state index is 12.5. The van der Waals surface area contributed by atoms with Crippen LogP contribution in [0.3, 0.4) is 0 Å². The van der Waals surface area contributed by atoms with E-state index in [9.17, 15) is 4.79 Å². The zero-order chi connectivity index (χ0) is 18.5. The first-order valence-corrected chi connectivity index (χ1v) is 8.68. The maximum atomic E-state index is 12.5. The number of pyridine rings is 1. The van der Waals surface area contributed by atoms with Gasteiger partial charge in [-0.15, -0.1) is 11.6 Å². The molecule has 6 nitrogen and oxygen atoms in total. The van der Waals surface area contributed by atoms with E-state index >= 15 is 0 Å². The number of rotatable bonds is 4. The van der Waals surface area contributed by atoms with Crippen LogP contribution in [0.2, 0.25) is 0 Å². The van der Waals surface area contributed by atoms with Gasteiger partial charge in [-0.2, -0.15) is 10.5 Å². The van der Waals surface area contributed by atoms with Crippen molar-refractivity contribution in [3.8, 4) is 23.4 Å². The van der Waals surface area contributed by atoms with Crippen LogP contribution in [0.1, 0.15) is 22.5 Å². The van der Waals surface area contributed by atoms with Gasteiger partial charge in [0.15, 0.2) is 6.19 Å². The minimum absolute atomic E-state index is 0.0556. The van der Waals surface area contributed by atoms with E-state index in [2.05, 4.69) is 22.6 Å². The molecule has 3 rings (SSSR count). The lowest BCUT2D eigenvalue weighted by atomic mass is 10.0. The van der Waals surface area contributed by atoms with Gasteiger partial charge in [-0.05, 0) is 41.8 Å². The molecule has 2 heterocycles. The molecular weight excluding hydrogens is 350 g/mol. The molecule has 0 bridgehead atoms. The van der Waals surface area contributed by atoms with E-state index in [0.29, 0.717) is 30.1 Å². The topological polar surface area (TPSA) is 92.8 Å². The van der Waals surface area contributed by atoms with Crippen molar-refractivity contribution in [1.82, 2.24) is 15.2 Å². The first-order chi connectivity index (χ1) is 12.6. The molecular formula is C19H16ClN5O. The lowest BCUT2D eigenvalue weighted by molar-refractivity contribution is 0.0934. The van der Waals surface area contributed by atoms with E-state index in [4.69, 9.17) is 22.1 Å². The Morgan fingerprint density at radius 1 is 1.31 bits per heavy atom. The number of likely N-dealkylation sites (tertiary alicyclic amines) is 1. The number of nitrogens with one attached hydrogen (secondary N) is 1. The second-order valence-corrected chi connectivity index (χ2v) is 6.40. The molecule has 0 radical (unpaired) electrons. The number of nitrogens with zero attached hydrogens (tertiary/aromatic N) is 4. The Morgan fingerprint density at radius 2 is 2.12 bits per heavy atom. The van der Waals surface area contributed by atoms with E-state index in [0.717, 1.165) is 11.1 Å². The summed E-state index contributed by atoms with van der Waals surface area (Å²) in [6.07, 6.45) is 4.31. The van der Waals surface area contributed by atoms with Gasteiger partial charge < -0.3 is 10.2 Å². The monoisotopic (exact) mass is 365 g/mol. The summed E-state index contributed by atoms with van der Waals surface area (Å²) in [5, 5.41) is 21.1. The minimum atomic E-state index is -0.290. The lowest BCUT2D eigenvalue weighted by Crippen LogP contribution is -2.36. The summed E-state index contributed by atoms with van der Waals surface area (Å²) in [5.41, 5.74) is 2.51. The highest BCUT2D eigenvalue weighted by atomic mass is 35.5. The number of carbonyl (C=O) groups is 1. The van der Waals surface area contributed by atoms with Crippen molar-refractivity contribution in [3.05, 3.63) is 53.9 Å². The van der Waals surface area contributed by atoms with E-state index in [1.165, 1.54) is 0 Å². The molecule has 26 heavy (non-hydrogen) atoms. The standard InChI is InChI=1S/C19H16ClN5O/c20-9-17-8-16(11-25(17)12-22)24-19(26)18-7-15(4-5-23-18)14-3-1-2-13(6-14)10-21/h1-7,16-17H,8-9,11H2,(H,24,26)/t16-,17+/m1/s1. The SMILES string of the molecule is N#Cc1cccc(-c2ccnc(C(=O)N[C@@H]3C[C@@H](CCl)N(C#N)C3)c2)c1. The molecule has 2 aromatic rings. The smallest absolute Gasteiger partial charge is 0.270 e. The Morgan fingerprint density at radius 3 is 2.81 bits per heavy atom. The summed E-state index contributed by atoms with van der Waals surface area (Å²) in [6.45, 7) is 0.448. The van der Waals surface area contributed by atoms with E-state index in [1.54, 1.807) is 41.4 Å². The van der Waals surface area contributed by atoms with Crippen LogP contribution in [0.15, 0.2) is 42.6 Å². The summed E-state index contributed by atoms with van der Waals surface area (Å²) in [7, 11) is 0. The van der Waals surface area contributed by atoms with Crippen molar-refractivity contribution in [3.63, 3.8) is 0 Å². The first-order valence-electron chi connectivity index (χ1n) is 8.14. The Labute approximate surface area is 156 Å². The zero-order valence-corrected chi connectivity index (χ0v) is 14.6. The molecule has 1 aromatic heterocycles. The van der Waals surface area contributed by atoms with E-state index in [1.807, 2.05) is 6.07 Å². The highest BCUT2D eigenvalue weighted by molar-refractivity contribution is 6.18. The van der Waals surface area contributed by atoms with Crippen LogP contribution in [0.5, 0.6) is 0 Å². The number of nitriles is 2. The van der Waals surface area contributed by atoms with Gasteiger partial charge in [-0.1, -0.05) is 12.1 Å². The summed E-state index contributed by atoms with van der Waals surface area (Å²) in [6, 6.07) is 12.6. The average molecular weight is 366 g/mol. The third-order valence-electron chi connectivity index (χ3n) is 4.37. The van der Waals surface area contributed by atoms with E-state index in [-0.39, 0.29) is 18.0 Å². The third-order valence-corrected chi connectivity index (χ3v) is 4.73. The van der Waals surface area contributed by atoms with Crippen molar-refractivity contribution in [2.45, 2.75) is 18.5 Å². The Bertz CT molecular complexity index is 901. The Kier molecular flexibility index (Phi) is 5.36. The van der Waals surface area contributed by atoms with Gasteiger partial charge in [-0.25, -0.2) is 0 Å². The third kappa shape index (κ3) is 3.77. The van der Waals surface area contributed by atoms with Crippen molar-refractivity contribution < 1.29 is 4.79 Å². The van der Waals surface area contributed by atoms with Gasteiger partial charge in [-0.3, -0.25) is 9.78 Å². The number of alkyl halides is 1. The molecule has 7 heteroatoms. The molecule has 1 amide bonds. The number of carbonyl (C=O) groups excluding carboxylic acids is 1. The molecule has 0 aliphatic carbocycles. The van der Waals surface area contributed by atoms with E-state index < -0.39 is 0 Å². The fourth-order valence-electron chi connectivity index (χ4n) is 3.05. The largest absolute Gasteiger partial charge is 0.346 e. The number of hydrogen-bond acceptors (Lipinski definition) is 5. The average Bonchev–Trinajstić information content (AvgIpc) is 3.10. The molecule has 1 aliphatic heterocycles. The van der Waals surface area contributed by atoms with Gasteiger partial charge in [0.1, 0.15) is 5.69 Å². The van der Waals surface area contributed by atoms with Crippen LogP contribution in [0, 0.1) is 22.8 Å². The molecule has 1 N–H and O–H groups in total. The first kappa shape index (κ1) is 17.7. The van der Waals surface area contributed by atoms with Gasteiger partial charge in [0.25, 0.3) is 5.91 Å². The molecule has 0 saturated carbocycles. The molecule has 0 spiro atoms. The quantitative estimate of drug-likeness (QED) is 0.663. The van der Waals surface area contributed by atoms with Gasteiger partial charge >= 0.3 is 0 Å². The molecule has 2 atom stereocenters. The summed E-state index contributed by atoms with van der Waals surface area (Å²) >= 11 is 5.87. The second-order valence-electron chi connectivity index (χ2n) is 6.09. The number of benzene rings is 1. The molecule has 1 fully saturated rings. The van der Waals surface area contributed by atoms with Crippen molar-refractivity contribution >= 4 is 17.5 Å². The van der Waals surface area contributed by atoms with Crippen molar-refractivity contribution in [2.24, 2.45) is 0 Å². The number of halogens is 1. The summed E-state index contributed by atoms with van der Waals surface area (Å²) in [5.74, 6) is 0.0597. The molecule has 1 aliphatic rings. The molecule has 1 saturated heterocycles.